The van der Waals surface area contributed by atoms with Gasteiger partial charge in [0, 0.05) is 19.5 Å². The molecule has 0 N–H and O–H groups in total. The summed E-state index contributed by atoms with van der Waals surface area (Å²) in [7, 11) is 0. The molecule has 0 aromatic heterocycles. The number of rotatable bonds is 2. The van der Waals surface area contributed by atoms with Gasteiger partial charge in [0.1, 0.15) is 5.78 Å². The molecular formula is C15H21NO. The minimum atomic E-state index is 0.396. The number of carbonyl (C=O) groups excluding carboxylic acids is 1. The van der Waals surface area contributed by atoms with Gasteiger partial charge in [0.15, 0.2) is 0 Å². The predicted octanol–water partition coefficient (Wildman–Crippen LogP) is 2.88. The topological polar surface area (TPSA) is 20.3 Å². The van der Waals surface area contributed by atoms with Crippen LogP contribution in [0.5, 0.6) is 0 Å². The lowest BCUT2D eigenvalue weighted by Gasteiger charge is -2.27. The van der Waals surface area contributed by atoms with Crippen LogP contribution in [0.2, 0.25) is 0 Å². The fourth-order valence-corrected chi connectivity index (χ4v) is 2.53. The number of benzene rings is 1. The highest BCUT2D eigenvalue weighted by Gasteiger charge is 2.17. The molecule has 2 rings (SSSR count). The Morgan fingerprint density at radius 1 is 1.29 bits per heavy atom. The first kappa shape index (κ1) is 12.3. The molecule has 92 valence electrons. The van der Waals surface area contributed by atoms with Crippen LogP contribution in [-0.4, -0.2) is 23.8 Å². The Hall–Kier alpha value is -1.15. The van der Waals surface area contributed by atoms with Crippen LogP contribution < -0.4 is 0 Å². The van der Waals surface area contributed by atoms with Gasteiger partial charge in [-0.15, -0.1) is 0 Å². The summed E-state index contributed by atoms with van der Waals surface area (Å²) in [5, 5.41) is 0. The molecule has 0 amide bonds. The van der Waals surface area contributed by atoms with E-state index < -0.39 is 0 Å². The molecule has 0 saturated carbocycles. The van der Waals surface area contributed by atoms with Gasteiger partial charge >= 0.3 is 0 Å². The van der Waals surface area contributed by atoms with Crippen LogP contribution in [0.3, 0.4) is 0 Å². The molecule has 1 fully saturated rings. The monoisotopic (exact) mass is 231 g/mol. The molecule has 0 aliphatic carbocycles. The van der Waals surface area contributed by atoms with Crippen LogP contribution >= 0.6 is 0 Å². The van der Waals surface area contributed by atoms with Crippen LogP contribution in [0.1, 0.15) is 31.7 Å². The van der Waals surface area contributed by atoms with E-state index in [1.165, 1.54) is 12.0 Å². The normalized spacial score (nSPS) is 23.1. The van der Waals surface area contributed by atoms with Gasteiger partial charge in [0.25, 0.3) is 0 Å². The predicted molar refractivity (Wildman–Crippen MR) is 69.7 cm³/mol. The van der Waals surface area contributed by atoms with Gasteiger partial charge in [-0.25, -0.2) is 0 Å². The molecule has 1 heterocycles. The molecule has 2 nitrogen and oxygen atoms in total. The van der Waals surface area contributed by atoms with E-state index in [1.54, 1.807) is 0 Å². The maximum atomic E-state index is 11.7. The van der Waals surface area contributed by atoms with E-state index in [4.69, 9.17) is 0 Å². The quantitative estimate of drug-likeness (QED) is 0.780. The Kier molecular flexibility index (Phi) is 4.32. The fourth-order valence-electron chi connectivity index (χ4n) is 2.53. The highest BCUT2D eigenvalue weighted by atomic mass is 16.1. The van der Waals surface area contributed by atoms with E-state index in [0.717, 1.165) is 25.9 Å². The molecule has 1 aromatic carbocycles. The van der Waals surface area contributed by atoms with Gasteiger partial charge in [0.2, 0.25) is 0 Å². The third-order valence-corrected chi connectivity index (χ3v) is 3.37. The number of hydrogen-bond acceptors (Lipinski definition) is 2. The van der Waals surface area contributed by atoms with Gasteiger partial charge in [0.05, 0.1) is 6.54 Å². The highest BCUT2D eigenvalue weighted by Crippen LogP contribution is 2.16. The van der Waals surface area contributed by atoms with Crippen molar-refractivity contribution in [3.8, 4) is 0 Å². The van der Waals surface area contributed by atoms with Gasteiger partial charge < -0.3 is 0 Å². The van der Waals surface area contributed by atoms with Crippen molar-refractivity contribution < 1.29 is 4.79 Å². The molecule has 17 heavy (non-hydrogen) atoms. The minimum Gasteiger partial charge on any atom is -0.298 e. The maximum absolute atomic E-state index is 11.7. The minimum absolute atomic E-state index is 0.396. The number of likely N-dealkylation sites (tertiary alicyclic amines) is 1. The van der Waals surface area contributed by atoms with E-state index in [2.05, 4.69) is 36.1 Å². The Bertz CT molecular complexity index is 360. The third-order valence-electron chi connectivity index (χ3n) is 3.37. The Morgan fingerprint density at radius 3 is 2.82 bits per heavy atom. The van der Waals surface area contributed by atoms with Crippen molar-refractivity contribution in [3.63, 3.8) is 0 Å². The second-order valence-corrected chi connectivity index (χ2v) is 5.19. The zero-order valence-corrected chi connectivity index (χ0v) is 10.6. The van der Waals surface area contributed by atoms with Crippen molar-refractivity contribution in [2.75, 3.05) is 13.1 Å². The average Bonchev–Trinajstić information content (AvgIpc) is 2.28. The van der Waals surface area contributed by atoms with Crippen LogP contribution in [0, 0.1) is 5.92 Å². The summed E-state index contributed by atoms with van der Waals surface area (Å²) >= 11 is 0. The molecule has 1 aromatic rings. The SMILES string of the molecule is CC1CCCC(=O)CN(Cc2ccccc2)C1. The van der Waals surface area contributed by atoms with Crippen molar-refractivity contribution >= 4 is 5.78 Å². The van der Waals surface area contributed by atoms with Crippen molar-refractivity contribution in [3.05, 3.63) is 35.9 Å². The first-order valence-electron chi connectivity index (χ1n) is 6.52. The number of nitrogens with zero attached hydrogens (tertiary/aromatic N) is 1. The zero-order chi connectivity index (χ0) is 12.1. The molecular weight excluding hydrogens is 210 g/mol. The highest BCUT2D eigenvalue weighted by molar-refractivity contribution is 5.80. The second kappa shape index (κ2) is 5.97. The summed E-state index contributed by atoms with van der Waals surface area (Å²) in [4.78, 5) is 14.0. The summed E-state index contributed by atoms with van der Waals surface area (Å²) < 4.78 is 0. The summed E-state index contributed by atoms with van der Waals surface area (Å²) in [6, 6.07) is 10.4. The van der Waals surface area contributed by atoms with E-state index in [0.29, 0.717) is 18.2 Å². The standard InChI is InChI=1S/C15H21NO/c1-13-6-5-9-15(17)12-16(10-13)11-14-7-3-2-4-8-14/h2-4,7-8,13H,5-6,9-12H2,1H3. The average molecular weight is 231 g/mol. The lowest BCUT2D eigenvalue weighted by molar-refractivity contribution is -0.121. The molecule has 1 saturated heterocycles. The van der Waals surface area contributed by atoms with Gasteiger partial charge in [-0.2, -0.15) is 0 Å². The van der Waals surface area contributed by atoms with Crippen LogP contribution in [0.4, 0.5) is 0 Å². The van der Waals surface area contributed by atoms with Gasteiger partial charge in [-0.05, 0) is 24.3 Å². The van der Waals surface area contributed by atoms with Crippen molar-refractivity contribution in [2.45, 2.75) is 32.7 Å². The van der Waals surface area contributed by atoms with Crippen LogP contribution in [0.25, 0.3) is 0 Å². The van der Waals surface area contributed by atoms with Gasteiger partial charge in [-0.3, -0.25) is 9.69 Å². The van der Waals surface area contributed by atoms with Crippen LogP contribution in [-0.2, 0) is 11.3 Å². The molecule has 0 spiro atoms. The van der Waals surface area contributed by atoms with Gasteiger partial charge in [-0.1, -0.05) is 37.3 Å². The van der Waals surface area contributed by atoms with E-state index in [1.807, 2.05) is 6.07 Å². The van der Waals surface area contributed by atoms with E-state index in [-0.39, 0.29) is 0 Å². The Labute approximate surface area is 104 Å². The largest absolute Gasteiger partial charge is 0.298 e. The number of Topliss-reactive ketones (excluding diaryl/α,β-unsaturated/α-hetero) is 1. The maximum Gasteiger partial charge on any atom is 0.146 e. The first-order valence-corrected chi connectivity index (χ1v) is 6.52. The fraction of sp³-hybridized carbons (Fsp3) is 0.533. The number of ketones is 1. The van der Waals surface area contributed by atoms with Crippen molar-refractivity contribution in [1.82, 2.24) is 4.90 Å². The summed E-state index contributed by atoms with van der Waals surface area (Å²) in [6.07, 6.45) is 3.01. The van der Waals surface area contributed by atoms with E-state index >= 15 is 0 Å². The zero-order valence-electron chi connectivity index (χ0n) is 10.6. The number of hydrogen-bond donors (Lipinski definition) is 0. The summed E-state index contributed by atoms with van der Waals surface area (Å²) in [6.45, 7) is 4.85. The number of carbonyl (C=O) groups is 1. The molecule has 2 heteroatoms. The molecule has 1 unspecified atom stereocenters. The molecule has 1 aliphatic heterocycles. The van der Waals surface area contributed by atoms with Crippen molar-refractivity contribution in [2.24, 2.45) is 5.92 Å². The second-order valence-electron chi connectivity index (χ2n) is 5.19. The summed E-state index contributed by atoms with van der Waals surface area (Å²) in [5.74, 6) is 1.10. The lowest BCUT2D eigenvalue weighted by atomic mass is 9.99. The molecule has 1 atom stereocenters. The Morgan fingerprint density at radius 2 is 2.06 bits per heavy atom. The third kappa shape index (κ3) is 3.97. The molecule has 1 aliphatic rings. The Balaban J connectivity index is 1.99. The van der Waals surface area contributed by atoms with Crippen molar-refractivity contribution in [1.29, 1.82) is 0 Å². The van der Waals surface area contributed by atoms with E-state index in [9.17, 15) is 4.79 Å². The first-order chi connectivity index (χ1) is 8.24. The molecule has 0 bridgehead atoms. The lowest BCUT2D eigenvalue weighted by Crippen LogP contribution is -2.34. The smallest absolute Gasteiger partial charge is 0.146 e. The molecule has 0 radical (unpaired) electrons. The van der Waals surface area contributed by atoms with Crippen LogP contribution in [0.15, 0.2) is 30.3 Å². The summed E-state index contributed by atoms with van der Waals surface area (Å²) in [5.41, 5.74) is 1.30.